The Hall–Kier alpha value is -1.56. The fraction of sp³-hybridized carbons (Fsp3) is 0.500. The molecule has 0 amide bonds. The highest BCUT2D eigenvalue weighted by molar-refractivity contribution is 5.93. The molecule has 0 bridgehead atoms. The number of anilines is 1. The van der Waals surface area contributed by atoms with Crippen LogP contribution >= 0.6 is 0 Å². The van der Waals surface area contributed by atoms with Gasteiger partial charge in [-0.25, -0.2) is 5.84 Å². The predicted octanol–water partition coefficient (Wildman–Crippen LogP) is -0.156. The van der Waals surface area contributed by atoms with Crippen LogP contribution in [0.1, 0.15) is 12.6 Å². The van der Waals surface area contributed by atoms with Gasteiger partial charge in [0, 0.05) is 20.3 Å². The normalized spacial score (nSPS) is 11.6. The SMILES string of the molecule is CCc1nn(C)cc1NC(=NC)NN. The average Bonchev–Trinajstić information content (AvgIpc) is 2.55. The molecule has 0 unspecified atom stereocenters. The summed E-state index contributed by atoms with van der Waals surface area (Å²) in [7, 11) is 3.53. The van der Waals surface area contributed by atoms with Crippen LogP contribution in [0.25, 0.3) is 0 Å². The van der Waals surface area contributed by atoms with Crippen LogP contribution in [0.2, 0.25) is 0 Å². The van der Waals surface area contributed by atoms with Crippen molar-refractivity contribution < 1.29 is 0 Å². The summed E-state index contributed by atoms with van der Waals surface area (Å²) < 4.78 is 1.75. The maximum atomic E-state index is 5.26. The monoisotopic (exact) mass is 196 g/mol. The lowest BCUT2D eigenvalue weighted by molar-refractivity contribution is 0.746. The van der Waals surface area contributed by atoms with Gasteiger partial charge in [0.05, 0.1) is 11.4 Å². The molecule has 0 aliphatic heterocycles. The Morgan fingerprint density at radius 1 is 1.71 bits per heavy atom. The summed E-state index contributed by atoms with van der Waals surface area (Å²) in [5.41, 5.74) is 4.38. The number of nitrogens with two attached hydrogens (primary N) is 1. The van der Waals surface area contributed by atoms with Gasteiger partial charge in [-0.1, -0.05) is 6.92 Å². The van der Waals surface area contributed by atoms with Gasteiger partial charge in [0.25, 0.3) is 0 Å². The number of nitrogens with one attached hydrogen (secondary N) is 2. The molecule has 1 heterocycles. The van der Waals surface area contributed by atoms with Gasteiger partial charge in [0.15, 0.2) is 0 Å². The molecule has 1 aromatic heterocycles. The standard InChI is InChI=1S/C8H16N6/c1-4-6-7(5-14(3)13-6)11-8(10-2)12-9/h5H,4,9H2,1-3H3,(H2,10,11,12). The van der Waals surface area contributed by atoms with E-state index in [1.54, 1.807) is 11.7 Å². The molecule has 0 atom stereocenters. The van der Waals surface area contributed by atoms with E-state index in [2.05, 4.69) is 20.8 Å². The average molecular weight is 196 g/mol. The number of aryl methyl sites for hydroxylation is 2. The maximum absolute atomic E-state index is 5.26. The lowest BCUT2D eigenvalue weighted by Crippen LogP contribution is -2.36. The number of hydrogen-bond donors (Lipinski definition) is 3. The van der Waals surface area contributed by atoms with Crippen LogP contribution < -0.4 is 16.6 Å². The van der Waals surface area contributed by atoms with Crippen LogP contribution in [0.3, 0.4) is 0 Å². The molecule has 0 aliphatic rings. The molecule has 0 fully saturated rings. The first-order chi connectivity index (χ1) is 6.71. The Bertz CT molecular complexity index is 327. The van der Waals surface area contributed by atoms with Crippen molar-refractivity contribution in [3.05, 3.63) is 11.9 Å². The minimum atomic E-state index is 0.521. The number of rotatable bonds is 2. The predicted molar refractivity (Wildman–Crippen MR) is 56.9 cm³/mol. The summed E-state index contributed by atoms with van der Waals surface area (Å²) >= 11 is 0. The number of hydrogen-bond acceptors (Lipinski definition) is 3. The zero-order valence-electron chi connectivity index (χ0n) is 8.70. The second kappa shape index (κ2) is 4.61. The first-order valence-corrected chi connectivity index (χ1v) is 4.44. The van der Waals surface area contributed by atoms with E-state index in [4.69, 9.17) is 5.84 Å². The van der Waals surface area contributed by atoms with Gasteiger partial charge in [0.2, 0.25) is 5.96 Å². The zero-order valence-corrected chi connectivity index (χ0v) is 8.70. The van der Waals surface area contributed by atoms with Crippen LogP contribution in [-0.4, -0.2) is 22.8 Å². The van der Waals surface area contributed by atoms with Crippen molar-refractivity contribution in [2.24, 2.45) is 17.9 Å². The molecule has 4 N–H and O–H groups in total. The third kappa shape index (κ3) is 2.23. The molecule has 78 valence electrons. The quantitative estimate of drug-likeness (QED) is 0.266. The van der Waals surface area contributed by atoms with E-state index < -0.39 is 0 Å². The molecular formula is C8H16N6. The highest BCUT2D eigenvalue weighted by Crippen LogP contribution is 2.12. The Kier molecular flexibility index (Phi) is 3.47. The van der Waals surface area contributed by atoms with Gasteiger partial charge in [0.1, 0.15) is 0 Å². The molecule has 6 heteroatoms. The van der Waals surface area contributed by atoms with Crippen molar-refractivity contribution in [2.75, 3.05) is 12.4 Å². The molecule has 0 aliphatic carbocycles. The Morgan fingerprint density at radius 3 is 2.93 bits per heavy atom. The van der Waals surface area contributed by atoms with Gasteiger partial charge in [-0.05, 0) is 6.42 Å². The van der Waals surface area contributed by atoms with Crippen molar-refractivity contribution in [2.45, 2.75) is 13.3 Å². The fourth-order valence-corrected chi connectivity index (χ4v) is 1.18. The molecule has 0 aromatic carbocycles. The van der Waals surface area contributed by atoms with Crippen LogP contribution in [-0.2, 0) is 13.5 Å². The van der Waals surface area contributed by atoms with E-state index >= 15 is 0 Å². The largest absolute Gasteiger partial charge is 0.322 e. The second-order valence-corrected chi connectivity index (χ2v) is 2.86. The number of nitrogens with zero attached hydrogens (tertiary/aromatic N) is 3. The van der Waals surface area contributed by atoms with Crippen molar-refractivity contribution in [1.82, 2.24) is 15.2 Å². The van der Waals surface area contributed by atoms with Crippen molar-refractivity contribution in [1.29, 1.82) is 0 Å². The third-order valence-electron chi connectivity index (χ3n) is 1.85. The second-order valence-electron chi connectivity index (χ2n) is 2.86. The summed E-state index contributed by atoms with van der Waals surface area (Å²) in [6, 6.07) is 0. The molecule has 14 heavy (non-hydrogen) atoms. The van der Waals surface area contributed by atoms with Crippen molar-refractivity contribution >= 4 is 11.6 Å². The Morgan fingerprint density at radius 2 is 2.43 bits per heavy atom. The summed E-state index contributed by atoms with van der Waals surface area (Å²) in [5.74, 6) is 5.78. The van der Waals surface area contributed by atoms with E-state index in [-0.39, 0.29) is 0 Å². The van der Waals surface area contributed by atoms with Gasteiger partial charge < -0.3 is 5.32 Å². The number of guanidine groups is 1. The van der Waals surface area contributed by atoms with E-state index in [1.165, 1.54) is 0 Å². The number of aromatic nitrogens is 2. The maximum Gasteiger partial charge on any atom is 0.210 e. The minimum Gasteiger partial charge on any atom is -0.322 e. The minimum absolute atomic E-state index is 0.521. The van der Waals surface area contributed by atoms with E-state index in [0.717, 1.165) is 17.8 Å². The van der Waals surface area contributed by atoms with Crippen LogP contribution in [0.5, 0.6) is 0 Å². The lowest BCUT2D eigenvalue weighted by Gasteiger charge is -2.06. The summed E-state index contributed by atoms with van der Waals surface area (Å²) in [6.07, 6.45) is 2.76. The summed E-state index contributed by atoms with van der Waals surface area (Å²) in [5, 5.41) is 7.33. The van der Waals surface area contributed by atoms with Gasteiger partial charge >= 0.3 is 0 Å². The molecule has 0 radical (unpaired) electrons. The first kappa shape index (κ1) is 10.5. The molecular weight excluding hydrogens is 180 g/mol. The topological polar surface area (TPSA) is 80.3 Å². The number of aliphatic imine (C=N–C) groups is 1. The van der Waals surface area contributed by atoms with Crippen molar-refractivity contribution in [3.8, 4) is 0 Å². The van der Waals surface area contributed by atoms with E-state index in [0.29, 0.717) is 5.96 Å². The zero-order chi connectivity index (χ0) is 10.6. The first-order valence-electron chi connectivity index (χ1n) is 4.44. The summed E-state index contributed by atoms with van der Waals surface area (Å²) in [6.45, 7) is 2.05. The smallest absolute Gasteiger partial charge is 0.210 e. The molecule has 0 saturated heterocycles. The fourth-order valence-electron chi connectivity index (χ4n) is 1.18. The van der Waals surface area contributed by atoms with Crippen molar-refractivity contribution in [3.63, 3.8) is 0 Å². The van der Waals surface area contributed by atoms with Gasteiger partial charge in [-0.15, -0.1) is 0 Å². The van der Waals surface area contributed by atoms with Crippen LogP contribution in [0.4, 0.5) is 5.69 Å². The van der Waals surface area contributed by atoms with Gasteiger partial charge in [-0.2, -0.15) is 5.10 Å². The molecule has 6 nitrogen and oxygen atoms in total. The summed E-state index contributed by atoms with van der Waals surface area (Å²) in [4.78, 5) is 3.92. The third-order valence-corrected chi connectivity index (χ3v) is 1.85. The van der Waals surface area contributed by atoms with E-state index in [9.17, 15) is 0 Å². The Labute approximate surface area is 83.2 Å². The molecule has 0 spiro atoms. The van der Waals surface area contributed by atoms with Crippen LogP contribution in [0.15, 0.2) is 11.2 Å². The molecule has 0 saturated carbocycles. The van der Waals surface area contributed by atoms with E-state index in [1.807, 2.05) is 20.2 Å². The van der Waals surface area contributed by atoms with Gasteiger partial charge in [-0.3, -0.25) is 15.1 Å². The highest BCUT2D eigenvalue weighted by atomic mass is 15.3. The molecule has 1 aromatic rings. The van der Waals surface area contributed by atoms with Crippen LogP contribution in [0, 0.1) is 0 Å². The Balaban J connectivity index is 2.84. The number of hydrazine groups is 1. The lowest BCUT2D eigenvalue weighted by atomic mass is 10.3. The highest BCUT2D eigenvalue weighted by Gasteiger charge is 2.06. The molecule has 1 rings (SSSR count).